The minimum atomic E-state index is 0.763. The van der Waals surface area contributed by atoms with Crippen molar-refractivity contribution in [2.75, 3.05) is 18.1 Å². The Hall–Kier alpha value is -2.49. The highest BCUT2D eigenvalue weighted by Crippen LogP contribution is 2.25. The van der Waals surface area contributed by atoms with Crippen molar-refractivity contribution in [2.45, 2.75) is 0 Å². The van der Waals surface area contributed by atoms with E-state index in [0.29, 0.717) is 0 Å². The molecule has 0 bridgehead atoms. The van der Waals surface area contributed by atoms with Crippen LogP contribution in [0.15, 0.2) is 42.6 Å². The minimum absolute atomic E-state index is 0.763. The van der Waals surface area contributed by atoms with Crippen LogP contribution in [0.25, 0.3) is 22.2 Å². The van der Waals surface area contributed by atoms with Gasteiger partial charge >= 0.3 is 0 Å². The summed E-state index contributed by atoms with van der Waals surface area (Å²) in [6.07, 6.45) is 1.85. The van der Waals surface area contributed by atoms with Crippen molar-refractivity contribution in [2.24, 2.45) is 0 Å². The Morgan fingerprint density at radius 3 is 2.78 bits per heavy atom. The molecule has 2 aromatic heterocycles. The van der Waals surface area contributed by atoms with Gasteiger partial charge in [0.15, 0.2) is 0 Å². The number of rotatable bonds is 2. The number of nitrogens with zero attached hydrogens (tertiary/aromatic N) is 1. The molecule has 0 aliphatic rings. The second-order valence-corrected chi connectivity index (χ2v) is 4.21. The van der Waals surface area contributed by atoms with Gasteiger partial charge in [0.25, 0.3) is 0 Å². The maximum absolute atomic E-state index is 5.77. The van der Waals surface area contributed by atoms with Crippen LogP contribution < -0.4 is 11.1 Å². The van der Waals surface area contributed by atoms with E-state index in [2.05, 4.69) is 21.4 Å². The van der Waals surface area contributed by atoms with E-state index in [1.54, 1.807) is 0 Å². The van der Waals surface area contributed by atoms with Crippen molar-refractivity contribution in [3.63, 3.8) is 0 Å². The minimum Gasteiger partial charge on any atom is -0.399 e. The van der Waals surface area contributed by atoms with E-state index in [1.165, 1.54) is 0 Å². The number of aromatic nitrogens is 2. The number of hydrogen-bond acceptors (Lipinski definition) is 3. The van der Waals surface area contributed by atoms with Gasteiger partial charge in [0.05, 0.1) is 0 Å². The summed E-state index contributed by atoms with van der Waals surface area (Å²) in [6, 6.07) is 11.9. The average molecular weight is 238 g/mol. The number of aromatic amines is 1. The number of fused-ring (bicyclic) bond motifs is 1. The molecule has 0 aliphatic heterocycles. The quantitative estimate of drug-likeness (QED) is 0.601. The Morgan fingerprint density at radius 2 is 2.06 bits per heavy atom. The van der Waals surface area contributed by atoms with Gasteiger partial charge < -0.3 is 16.0 Å². The van der Waals surface area contributed by atoms with Gasteiger partial charge in [0.2, 0.25) is 0 Å². The predicted octanol–water partition coefficient (Wildman–Crippen LogP) is 2.85. The molecule has 4 N–H and O–H groups in total. The van der Waals surface area contributed by atoms with Crippen LogP contribution in [-0.4, -0.2) is 17.0 Å². The zero-order valence-electron chi connectivity index (χ0n) is 10.1. The molecule has 0 unspecified atom stereocenters. The van der Waals surface area contributed by atoms with Crippen LogP contribution in [0, 0.1) is 0 Å². The molecule has 4 heteroatoms. The molecule has 3 rings (SSSR count). The van der Waals surface area contributed by atoms with E-state index in [9.17, 15) is 0 Å². The summed E-state index contributed by atoms with van der Waals surface area (Å²) in [7, 11) is 1.85. The van der Waals surface area contributed by atoms with Crippen molar-refractivity contribution in [3.05, 3.63) is 42.6 Å². The second kappa shape index (κ2) is 4.07. The molecule has 2 heterocycles. The van der Waals surface area contributed by atoms with E-state index in [0.717, 1.165) is 33.7 Å². The van der Waals surface area contributed by atoms with E-state index >= 15 is 0 Å². The fourth-order valence-corrected chi connectivity index (χ4v) is 2.00. The van der Waals surface area contributed by atoms with Gasteiger partial charge in [-0.25, -0.2) is 4.98 Å². The molecule has 0 spiro atoms. The topological polar surface area (TPSA) is 66.7 Å². The predicted molar refractivity (Wildman–Crippen MR) is 75.5 cm³/mol. The monoisotopic (exact) mass is 238 g/mol. The third-order valence-corrected chi connectivity index (χ3v) is 2.98. The molecule has 0 amide bonds. The lowest BCUT2D eigenvalue weighted by Crippen LogP contribution is -1.91. The van der Waals surface area contributed by atoms with E-state index in [4.69, 9.17) is 5.73 Å². The van der Waals surface area contributed by atoms with Crippen LogP contribution in [0.2, 0.25) is 0 Å². The summed E-state index contributed by atoms with van der Waals surface area (Å²) in [4.78, 5) is 7.66. The highest BCUT2D eigenvalue weighted by atomic mass is 14.9. The summed E-state index contributed by atoms with van der Waals surface area (Å²) < 4.78 is 0. The number of nitrogen functional groups attached to an aromatic ring is 1. The van der Waals surface area contributed by atoms with Crippen LogP contribution in [0.5, 0.6) is 0 Å². The lowest BCUT2D eigenvalue weighted by atomic mass is 10.2. The number of anilines is 2. The molecule has 18 heavy (non-hydrogen) atoms. The molecule has 4 nitrogen and oxygen atoms in total. The fraction of sp³-hybridized carbons (Fsp3) is 0.0714. The number of nitrogens with two attached hydrogens (primary N) is 1. The first-order chi connectivity index (χ1) is 8.76. The molecule has 0 fully saturated rings. The van der Waals surface area contributed by atoms with Gasteiger partial charge in [0, 0.05) is 41.1 Å². The van der Waals surface area contributed by atoms with Crippen molar-refractivity contribution < 1.29 is 0 Å². The molecule has 0 saturated carbocycles. The zero-order valence-corrected chi connectivity index (χ0v) is 10.1. The molecule has 90 valence electrons. The van der Waals surface area contributed by atoms with Crippen LogP contribution in [-0.2, 0) is 0 Å². The molecular formula is C14H14N4. The number of pyridine rings is 1. The fourth-order valence-electron chi connectivity index (χ4n) is 2.00. The Balaban J connectivity index is 2.07. The third-order valence-electron chi connectivity index (χ3n) is 2.98. The van der Waals surface area contributed by atoms with Crippen molar-refractivity contribution >= 4 is 22.4 Å². The Bertz CT molecular complexity index is 683. The third kappa shape index (κ3) is 1.78. The van der Waals surface area contributed by atoms with Crippen molar-refractivity contribution in [1.82, 2.24) is 9.97 Å². The average Bonchev–Trinajstić information content (AvgIpc) is 2.81. The number of H-pyrrole nitrogens is 1. The van der Waals surface area contributed by atoms with E-state index < -0.39 is 0 Å². The van der Waals surface area contributed by atoms with Gasteiger partial charge in [-0.05, 0) is 30.3 Å². The van der Waals surface area contributed by atoms with E-state index in [-0.39, 0.29) is 0 Å². The highest BCUT2D eigenvalue weighted by Gasteiger charge is 2.04. The second-order valence-electron chi connectivity index (χ2n) is 4.21. The lowest BCUT2D eigenvalue weighted by molar-refractivity contribution is 1.28. The normalized spacial score (nSPS) is 10.7. The Kier molecular flexibility index (Phi) is 2.41. The lowest BCUT2D eigenvalue weighted by Gasteiger charge is -2.00. The summed E-state index contributed by atoms with van der Waals surface area (Å²) in [5.41, 5.74) is 9.68. The largest absolute Gasteiger partial charge is 0.399 e. The maximum atomic E-state index is 5.77. The standard InChI is InChI=1S/C14H14N4/c1-16-14-5-3-10(8-17-14)12-6-9-2-4-11(15)7-13(9)18-12/h2-8,18H,15H2,1H3,(H,16,17). The molecule has 0 radical (unpaired) electrons. The molecular weight excluding hydrogens is 224 g/mol. The SMILES string of the molecule is CNc1ccc(-c2cc3ccc(N)cc3[nH]2)cn1. The summed E-state index contributed by atoms with van der Waals surface area (Å²) in [5.74, 6) is 0.860. The first-order valence-electron chi connectivity index (χ1n) is 5.79. The van der Waals surface area contributed by atoms with Crippen LogP contribution in [0.1, 0.15) is 0 Å². The van der Waals surface area contributed by atoms with Crippen molar-refractivity contribution in [1.29, 1.82) is 0 Å². The zero-order chi connectivity index (χ0) is 12.5. The Morgan fingerprint density at radius 1 is 1.17 bits per heavy atom. The van der Waals surface area contributed by atoms with E-state index in [1.807, 2.05) is 43.6 Å². The first kappa shape index (κ1) is 10.7. The molecule has 3 aromatic rings. The molecule has 1 aromatic carbocycles. The van der Waals surface area contributed by atoms with Crippen LogP contribution in [0.3, 0.4) is 0 Å². The number of hydrogen-bond donors (Lipinski definition) is 3. The van der Waals surface area contributed by atoms with Crippen LogP contribution in [0.4, 0.5) is 11.5 Å². The molecule has 0 saturated heterocycles. The van der Waals surface area contributed by atoms with Gasteiger partial charge in [0.1, 0.15) is 5.82 Å². The summed E-state index contributed by atoms with van der Waals surface area (Å²) in [6.45, 7) is 0. The van der Waals surface area contributed by atoms with Crippen LogP contribution >= 0.6 is 0 Å². The van der Waals surface area contributed by atoms with Gasteiger partial charge in [-0.15, -0.1) is 0 Å². The molecule has 0 aliphatic carbocycles. The smallest absolute Gasteiger partial charge is 0.125 e. The van der Waals surface area contributed by atoms with Gasteiger partial charge in [-0.2, -0.15) is 0 Å². The summed E-state index contributed by atoms with van der Waals surface area (Å²) in [5, 5.41) is 4.15. The number of benzene rings is 1. The number of nitrogens with one attached hydrogen (secondary N) is 2. The molecule has 0 atom stereocenters. The summed E-state index contributed by atoms with van der Waals surface area (Å²) >= 11 is 0. The van der Waals surface area contributed by atoms with Crippen molar-refractivity contribution in [3.8, 4) is 11.3 Å². The first-order valence-corrected chi connectivity index (χ1v) is 5.79. The van der Waals surface area contributed by atoms with Gasteiger partial charge in [-0.3, -0.25) is 0 Å². The maximum Gasteiger partial charge on any atom is 0.125 e. The Labute approximate surface area is 105 Å². The van der Waals surface area contributed by atoms with Gasteiger partial charge in [-0.1, -0.05) is 6.07 Å². The highest BCUT2D eigenvalue weighted by molar-refractivity contribution is 5.87.